The molecule has 16 heavy (non-hydrogen) atoms. The highest BCUT2D eigenvalue weighted by molar-refractivity contribution is 6.30. The zero-order chi connectivity index (χ0) is 11.7. The Bertz CT molecular complexity index is 424. The van der Waals surface area contributed by atoms with E-state index in [-0.39, 0.29) is 18.1 Å². The molecule has 0 aromatic heterocycles. The van der Waals surface area contributed by atoms with Gasteiger partial charge in [0.2, 0.25) is 0 Å². The topological polar surface area (TPSA) is 54.4 Å². The highest BCUT2D eigenvalue weighted by Crippen LogP contribution is 2.38. The van der Waals surface area contributed by atoms with Crippen molar-refractivity contribution in [1.29, 1.82) is 0 Å². The second-order valence-electron chi connectivity index (χ2n) is 4.05. The second kappa shape index (κ2) is 4.26. The van der Waals surface area contributed by atoms with Crippen molar-refractivity contribution < 1.29 is 14.7 Å². The number of carboxylic acids is 1. The predicted octanol–water partition coefficient (Wildman–Crippen LogP) is 2.49. The zero-order valence-corrected chi connectivity index (χ0v) is 9.28. The SMILES string of the molecule is O=C1C[C@H](C(=O)O)[C@@H](c2ccc(Cl)cc2)C1. The normalized spacial score (nSPS) is 24.7. The highest BCUT2D eigenvalue weighted by Gasteiger charge is 2.38. The standard InChI is InChI=1S/C12H11ClO3/c13-8-3-1-7(2-4-8)10-5-9(14)6-11(10)12(15)16/h1-4,10-11H,5-6H2,(H,15,16)/t10-,11+/m1/s1. The lowest BCUT2D eigenvalue weighted by molar-refractivity contribution is -0.142. The number of carbonyl (C=O) groups excluding carboxylic acids is 1. The summed E-state index contributed by atoms with van der Waals surface area (Å²) in [6.45, 7) is 0. The van der Waals surface area contributed by atoms with Crippen molar-refractivity contribution in [2.45, 2.75) is 18.8 Å². The summed E-state index contributed by atoms with van der Waals surface area (Å²) in [5, 5.41) is 9.65. The van der Waals surface area contributed by atoms with E-state index in [0.29, 0.717) is 11.4 Å². The first kappa shape index (κ1) is 11.1. The van der Waals surface area contributed by atoms with Gasteiger partial charge in [-0.25, -0.2) is 0 Å². The van der Waals surface area contributed by atoms with E-state index >= 15 is 0 Å². The van der Waals surface area contributed by atoms with Crippen LogP contribution in [0.5, 0.6) is 0 Å². The third-order valence-corrected chi connectivity index (χ3v) is 3.25. The smallest absolute Gasteiger partial charge is 0.307 e. The summed E-state index contributed by atoms with van der Waals surface area (Å²) in [6, 6.07) is 7.03. The fourth-order valence-electron chi connectivity index (χ4n) is 2.18. The number of aliphatic carboxylic acids is 1. The van der Waals surface area contributed by atoms with Gasteiger partial charge < -0.3 is 5.11 Å². The largest absolute Gasteiger partial charge is 0.481 e. The number of ketones is 1. The summed E-state index contributed by atoms with van der Waals surface area (Å²) in [5.41, 5.74) is 0.877. The van der Waals surface area contributed by atoms with Gasteiger partial charge in [0.25, 0.3) is 0 Å². The Morgan fingerprint density at radius 3 is 2.44 bits per heavy atom. The first-order chi connectivity index (χ1) is 7.58. The molecule has 0 spiro atoms. The van der Waals surface area contributed by atoms with E-state index < -0.39 is 11.9 Å². The molecule has 1 N–H and O–H groups in total. The molecule has 0 saturated heterocycles. The first-order valence-corrected chi connectivity index (χ1v) is 5.45. The average Bonchev–Trinajstić information content (AvgIpc) is 2.61. The quantitative estimate of drug-likeness (QED) is 0.861. The van der Waals surface area contributed by atoms with Gasteiger partial charge in [-0.2, -0.15) is 0 Å². The van der Waals surface area contributed by atoms with Gasteiger partial charge in [0.15, 0.2) is 0 Å². The van der Waals surface area contributed by atoms with Crippen molar-refractivity contribution in [3.8, 4) is 0 Å². The molecule has 1 aromatic carbocycles. The van der Waals surface area contributed by atoms with Crippen LogP contribution < -0.4 is 0 Å². The highest BCUT2D eigenvalue weighted by atomic mass is 35.5. The van der Waals surface area contributed by atoms with Gasteiger partial charge in [-0.3, -0.25) is 9.59 Å². The van der Waals surface area contributed by atoms with E-state index in [1.807, 2.05) is 0 Å². The molecule has 1 aliphatic rings. The van der Waals surface area contributed by atoms with E-state index in [0.717, 1.165) is 5.56 Å². The van der Waals surface area contributed by atoms with Gasteiger partial charge in [0.1, 0.15) is 5.78 Å². The monoisotopic (exact) mass is 238 g/mol. The number of halogens is 1. The number of hydrogen-bond donors (Lipinski definition) is 1. The minimum Gasteiger partial charge on any atom is -0.481 e. The van der Waals surface area contributed by atoms with Crippen LogP contribution in [0.1, 0.15) is 24.3 Å². The lowest BCUT2D eigenvalue weighted by Gasteiger charge is -2.14. The summed E-state index contributed by atoms with van der Waals surface area (Å²) in [7, 11) is 0. The predicted molar refractivity (Wildman–Crippen MR) is 59.6 cm³/mol. The molecule has 0 heterocycles. The van der Waals surface area contributed by atoms with Crippen molar-refractivity contribution in [1.82, 2.24) is 0 Å². The maximum atomic E-state index is 11.3. The number of carbonyl (C=O) groups is 2. The summed E-state index contributed by atoms with van der Waals surface area (Å²) >= 11 is 5.76. The molecule has 3 nitrogen and oxygen atoms in total. The van der Waals surface area contributed by atoms with Gasteiger partial charge in [0.05, 0.1) is 5.92 Å². The molecule has 0 bridgehead atoms. The maximum Gasteiger partial charge on any atom is 0.307 e. The van der Waals surface area contributed by atoms with Crippen LogP contribution >= 0.6 is 11.6 Å². The van der Waals surface area contributed by atoms with Gasteiger partial charge in [0, 0.05) is 23.8 Å². The minimum atomic E-state index is -0.897. The fraction of sp³-hybridized carbons (Fsp3) is 0.333. The van der Waals surface area contributed by atoms with Gasteiger partial charge in [-0.15, -0.1) is 0 Å². The molecule has 1 aliphatic carbocycles. The molecule has 1 fully saturated rings. The van der Waals surface area contributed by atoms with E-state index in [9.17, 15) is 9.59 Å². The molecule has 0 amide bonds. The van der Waals surface area contributed by atoms with Crippen molar-refractivity contribution in [3.63, 3.8) is 0 Å². The Morgan fingerprint density at radius 2 is 1.88 bits per heavy atom. The van der Waals surface area contributed by atoms with Gasteiger partial charge in [-0.05, 0) is 17.7 Å². The lowest BCUT2D eigenvalue weighted by atomic mass is 9.89. The van der Waals surface area contributed by atoms with Gasteiger partial charge in [-0.1, -0.05) is 23.7 Å². The maximum absolute atomic E-state index is 11.3. The summed E-state index contributed by atoms with van der Waals surface area (Å²) in [5.74, 6) is -1.67. The van der Waals surface area contributed by atoms with Crippen LogP contribution in [-0.2, 0) is 9.59 Å². The summed E-state index contributed by atoms with van der Waals surface area (Å²) in [6.07, 6.45) is 0.460. The molecule has 4 heteroatoms. The number of benzene rings is 1. The molecule has 1 aromatic rings. The van der Waals surface area contributed by atoms with Crippen LogP contribution in [-0.4, -0.2) is 16.9 Å². The number of hydrogen-bond acceptors (Lipinski definition) is 2. The number of rotatable bonds is 2. The lowest BCUT2D eigenvalue weighted by Crippen LogP contribution is -2.16. The fourth-order valence-corrected chi connectivity index (χ4v) is 2.30. The Kier molecular flexibility index (Phi) is 2.97. The molecule has 0 unspecified atom stereocenters. The minimum absolute atomic E-state index is 0.0207. The molecule has 1 saturated carbocycles. The zero-order valence-electron chi connectivity index (χ0n) is 8.52. The van der Waals surface area contributed by atoms with Crippen LogP contribution in [0, 0.1) is 5.92 Å². The summed E-state index contributed by atoms with van der Waals surface area (Å²) in [4.78, 5) is 22.3. The Balaban J connectivity index is 2.28. The van der Waals surface area contributed by atoms with Gasteiger partial charge >= 0.3 is 5.97 Å². The number of Topliss-reactive ketones (excluding diaryl/α,β-unsaturated/α-hetero) is 1. The van der Waals surface area contributed by atoms with Crippen LogP contribution in [0.4, 0.5) is 0 Å². The number of carboxylic acid groups (broad SMARTS) is 1. The Hall–Kier alpha value is -1.35. The van der Waals surface area contributed by atoms with Crippen LogP contribution in [0.2, 0.25) is 5.02 Å². The van der Waals surface area contributed by atoms with Crippen LogP contribution in [0.15, 0.2) is 24.3 Å². The first-order valence-electron chi connectivity index (χ1n) is 5.08. The molecular formula is C12H11ClO3. The third kappa shape index (κ3) is 2.09. The molecule has 84 valence electrons. The van der Waals surface area contributed by atoms with E-state index in [2.05, 4.69) is 0 Å². The Labute approximate surface area is 98.0 Å². The van der Waals surface area contributed by atoms with E-state index in [1.165, 1.54) is 0 Å². The van der Waals surface area contributed by atoms with Crippen molar-refractivity contribution in [2.75, 3.05) is 0 Å². The molecule has 2 atom stereocenters. The van der Waals surface area contributed by atoms with E-state index in [4.69, 9.17) is 16.7 Å². The Morgan fingerprint density at radius 1 is 1.25 bits per heavy atom. The molecular weight excluding hydrogens is 228 g/mol. The van der Waals surface area contributed by atoms with E-state index in [1.54, 1.807) is 24.3 Å². The molecule has 0 radical (unpaired) electrons. The van der Waals surface area contributed by atoms with Crippen LogP contribution in [0.3, 0.4) is 0 Å². The van der Waals surface area contributed by atoms with Crippen molar-refractivity contribution in [3.05, 3.63) is 34.9 Å². The molecule has 2 rings (SSSR count). The van der Waals surface area contributed by atoms with Crippen LogP contribution in [0.25, 0.3) is 0 Å². The average molecular weight is 239 g/mol. The third-order valence-electron chi connectivity index (χ3n) is 3.00. The molecule has 0 aliphatic heterocycles. The van der Waals surface area contributed by atoms with Crippen molar-refractivity contribution >= 4 is 23.4 Å². The summed E-state index contributed by atoms with van der Waals surface area (Å²) < 4.78 is 0. The van der Waals surface area contributed by atoms with Crippen molar-refractivity contribution in [2.24, 2.45) is 5.92 Å². The second-order valence-corrected chi connectivity index (χ2v) is 4.49.